The Kier molecular flexibility index (Phi) is 5.40. The number of nitrogens with zero attached hydrogens (tertiary/aromatic N) is 3. The molecule has 0 bridgehead atoms. The molecule has 0 radical (unpaired) electrons. The zero-order valence-electron chi connectivity index (χ0n) is 16.8. The van der Waals surface area contributed by atoms with E-state index >= 15 is 0 Å². The first-order chi connectivity index (χ1) is 14.3. The van der Waals surface area contributed by atoms with Crippen LogP contribution in [0.3, 0.4) is 0 Å². The van der Waals surface area contributed by atoms with Gasteiger partial charge < -0.3 is 9.42 Å². The van der Waals surface area contributed by atoms with E-state index in [0.717, 1.165) is 35.2 Å². The summed E-state index contributed by atoms with van der Waals surface area (Å²) in [5.41, 5.74) is 3.53. The molecule has 2 heterocycles. The minimum absolute atomic E-state index is 0.0505. The van der Waals surface area contributed by atoms with Gasteiger partial charge in [-0.25, -0.2) is 13.1 Å². The average Bonchev–Trinajstić information content (AvgIpc) is 3.21. The molecular weight excluding hydrogens is 404 g/mol. The molecule has 1 amide bonds. The maximum absolute atomic E-state index is 12.7. The van der Waals surface area contributed by atoms with Crippen LogP contribution < -0.4 is 9.62 Å². The summed E-state index contributed by atoms with van der Waals surface area (Å²) in [6.45, 7) is 4.03. The number of nitrogens with one attached hydrogen (secondary N) is 1. The molecule has 0 spiro atoms. The van der Waals surface area contributed by atoms with Crippen molar-refractivity contribution < 1.29 is 17.7 Å². The predicted molar refractivity (Wildman–Crippen MR) is 111 cm³/mol. The van der Waals surface area contributed by atoms with Gasteiger partial charge >= 0.3 is 0 Å². The minimum Gasteiger partial charge on any atom is -0.338 e. The Morgan fingerprint density at radius 1 is 1.20 bits per heavy atom. The lowest BCUT2D eigenvalue weighted by Crippen LogP contribution is -2.33. The van der Waals surface area contributed by atoms with E-state index in [1.807, 2.05) is 31.2 Å². The quantitative estimate of drug-likeness (QED) is 0.673. The highest BCUT2D eigenvalue weighted by Crippen LogP contribution is 2.29. The van der Waals surface area contributed by atoms with Crippen molar-refractivity contribution in [1.82, 2.24) is 14.9 Å². The van der Waals surface area contributed by atoms with Crippen LogP contribution in [0.4, 0.5) is 5.69 Å². The van der Waals surface area contributed by atoms with Gasteiger partial charge in [0.2, 0.25) is 27.6 Å². The lowest BCUT2D eigenvalue weighted by molar-refractivity contribution is -0.116. The van der Waals surface area contributed by atoms with Crippen molar-refractivity contribution >= 4 is 21.6 Å². The zero-order valence-corrected chi connectivity index (χ0v) is 17.6. The molecule has 1 aliphatic heterocycles. The number of aromatic nitrogens is 2. The highest BCUT2D eigenvalue weighted by atomic mass is 32.2. The van der Waals surface area contributed by atoms with E-state index in [4.69, 9.17) is 4.52 Å². The molecule has 9 heteroatoms. The molecule has 0 unspecified atom stereocenters. The lowest BCUT2D eigenvalue weighted by atomic mass is 10.0. The molecule has 156 valence electrons. The third-order valence-electron chi connectivity index (χ3n) is 5.05. The lowest BCUT2D eigenvalue weighted by Gasteiger charge is -2.28. The van der Waals surface area contributed by atoms with E-state index < -0.39 is 10.0 Å². The molecule has 1 aliphatic rings. The normalized spacial score (nSPS) is 13.9. The van der Waals surface area contributed by atoms with Crippen LogP contribution in [0.1, 0.15) is 30.4 Å². The van der Waals surface area contributed by atoms with Gasteiger partial charge in [-0.15, -0.1) is 0 Å². The van der Waals surface area contributed by atoms with Crippen molar-refractivity contribution in [1.29, 1.82) is 0 Å². The summed E-state index contributed by atoms with van der Waals surface area (Å²) < 4.78 is 33.2. The summed E-state index contributed by atoms with van der Waals surface area (Å²) in [7, 11) is -3.77. The van der Waals surface area contributed by atoms with Crippen LogP contribution in [0.2, 0.25) is 0 Å². The molecule has 2 aromatic carbocycles. The third kappa shape index (κ3) is 4.12. The Hall–Kier alpha value is -3.04. The molecule has 0 atom stereocenters. The second kappa shape index (κ2) is 8.00. The van der Waals surface area contributed by atoms with Gasteiger partial charge in [0.15, 0.2) is 0 Å². The maximum atomic E-state index is 12.7. The maximum Gasteiger partial charge on any atom is 0.242 e. The van der Waals surface area contributed by atoms with Crippen LogP contribution in [0.15, 0.2) is 51.9 Å². The van der Waals surface area contributed by atoms with Crippen molar-refractivity contribution in [2.45, 2.75) is 38.1 Å². The van der Waals surface area contributed by atoms with Gasteiger partial charge in [-0.3, -0.25) is 4.79 Å². The van der Waals surface area contributed by atoms with Crippen molar-refractivity contribution in [3.05, 3.63) is 59.5 Å². The van der Waals surface area contributed by atoms with Crippen molar-refractivity contribution in [2.24, 2.45) is 0 Å². The minimum atomic E-state index is -3.77. The van der Waals surface area contributed by atoms with E-state index in [1.165, 1.54) is 13.0 Å². The van der Waals surface area contributed by atoms with Crippen LogP contribution in [0, 0.1) is 6.92 Å². The number of aryl methyl sites for hydroxylation is 2. The van der Waals surface area contributed by atoms with Gasteiger partial charge in [0, 0.05) is 24.7 Å². The predicted octanol–water partition coefficient (Wildman–Crippen LogP) is 2.82. The van der Waals surface area contributed by atoms with E-state index in [1.54, 1.807) is 17.0 Å². The Morgan fingerprint density at radius 2 is 1.97 bits per heavy atom. The topological polar surface area (TPSA) is 105 Å². The van der Waals surface area contributed by atoms with E-state index in [2.05, 4.69) is 14.9 Å². The largest absolute Gasteiger partial charge is 0.338 e. The first kappa shape index (κ1) is 20.2. The molecule has 4 rings (SSSR count). The van der Waals surface area contributed by atoms with Crippen molar-refractivity contribution in [2.75, 3.05) is 11.4 Å². The van der Waals surface area contributed by atoms with E-state index in [0.29, 0.717) is 12.4 Å². The van der Waals surface area contributed by atoms with E-state index in [-0.39, 0.29) is 23.2 Å². The highest BCUT2D eigenvalue weighted by molar-refractivity contribution is 7.89. The SMILES string of the molecule is CC(=O)N1CCCc2cc(S(=O)(=O)NCc3nc(-c4ccc(C)cc4)no3)ccc21. The number of carbonyl (C=O) groups is 1. The average molecular weight is 426 g/mol. The summed E-state index contributed by atoms with van der Waals surface area (Å²) in [6.07, 6.45) is 1.53. The van der Waals surface area contributed by atoms with Crippen molar-refractivity contribution in [3.8, 4) is 11.4 Å². The summed E-state index contributed by atoms with van der Waals surface area (Å²) in [4.78, 5) is 17.9. The summed E-state index contributed by atoms with van der Waals surface area (Å²) >= 11 is 0. The number of amides is 1. The third-order valence-corrected chi connectivity index (χ3v) is 6.45. The number of hydrogen-bond donors (Lipinski definition) is 1. The van der Waals surface area contributed by atoms with Crippen LogP contribution in [0.25, 0.3) is 11.4 Å². The fourth-order valence-corrected chi connectivity index (χ4v) is 4.48. The Labute approximate surface area is 175 Å². The number of sulfonamides is 1. The molecular formula is C21H22N4O4S. The first-order valence-electron chi connectivity index (χ1n) is 9.64. The van der Waals surface area contributed by atoms with Crippen LogP contribution in [-0.2, 0) is 27.8 Å². The number of carbonyl (C=O) groups excluding carboxylic acids is 1. The van der Waals surface area contributed by atoms with Gasteiger partial charge in [-0.2, -0.15) is 4.98 Å². The van der Waals surface area contributed by atoms with Gasteiger partial charge in [0.05, 0.1) is 11.4 Å². The molecule has 0 aliphatic carbocycles. The van der Waals surface area contributed by atoms with Crippen LogP contribution >= 0.6 is 0 Å². The van der Waals surface area contributed by atoms with Crippen LogP contribution in [0.5, 0.6) is 0 Å². The molecule has 0 saturated heterocycles. The molecule has 3 aromatic rings. The number of rotatable bonds is 5. The fourth-order valence-electron chi connectivity index (χ4n) is 3.45. The van der Waals surface area contributed by atoms with Crippen molar-refractivity contribution in [3.63, 3.8) is 0 Å². The number of hydrogen-bond acceptors (Lipinski definition) is 6. The smallest absolute Gasteiger partial charge is 0.242 e. The zero-order chi connectivity index (χ0) is 21.3. The van der Waals surface area contributed by atoms with E-state index in [9.17, 15) is 13.2 Å². The molecule has 1 aromatic heterocycles. The van der Waals surface area contributed by atoms with Gasteiger partial charge in [-0.05, 0) is 43.5 Å². The fraction of sp³-hybridized carbons (Fsp3) is 0.286. The summed E-state index contributed by atoms with van der Waals surface area (Å²) in [6, 6.07) is 12.5. The number of fused-ring (bicyclic) bond motifs is 1. The second-order valence-corrected chi connectivity index (χ2v) is 9.03. The molecule has 0 fully saturated rings. The molecule has 8 nitrogen and oxygen atoms in total. The first-order valence-corrected chi connectivity index (χ1v) is 11.1. The van der Waals surface area contributed by atoms with Gasteiger partial charge in [-0.1, -0.05) is 35.0 Å². The van der Waals surface area contributed by atoms with Gasteiger partial charge in [0.25, 0.3) is 0 Å². The highest BCUT2D eigenvalue weighted by Gasteiger charge is 2.23. The summed E-state index contributed by atoms with van der Waals surface area (Å²) in [5, 5.41) is 3.91. The Balaban J connectivity index is 1.49. The Bertz CT molecular complexity index is 1190. The summed E-state index contributed by atoms with van der Waals surface area (Å²) in [5.74, 6) is 0.530. The molecule has 0 saturated carbocycles. The van der Waals surface area contributed by atoms with Gasteiger partial charge in [0.1, 0.15) is 0 Å². The monoisotopic (exact) mass is 426 g/mol. The second-order valence-electron chi connectivity index (χ2n) is 7.27. The number of anilines is 1. The van der Waals surface area contributed by atoms with Crippen LogP contribution in [-0.4, -0.2) is 31.0 Å². The Morgan fingerprint density at radius 3 is 2.70 bits per heavy atom. The molecule has 30 heavy (non-hydrogen) atoms. The molecule has 1 N–H and O–H groups in total. The standard InChI is InChI=1S/C21H22N4O4S/c1-14-5-7-16(8-6-14)21-23-20(29-24-21)13-22-30(27,28)18-9-10-19-17(12-18)4-3-11-25(19)15(2)26/h5-10,12,22H,3-4,11,13H2,1-2H3. The number of benzene rings is 2.